The zero-order valence-corrected chi connectivity index (χ0v) is 25.4. The van der Waals surface area contributed by atoms with Gasteiger partial charge in [-0.25, -0.2) is 0 Å². The highest BCUT2D eigenvalue weighted by atomic mass is 16.5. The third kappa shape index (κ3) is 8.32. The third-order valence-electron chi connectivity index (χ3n) is 9.61. The largest absolute Gasteiger partial charge is 0.383 e. The van der Waals surface area contributed by atoms with E-state index >= 15 is 0 Å². The van der Waals surface area contributed by atoms with Crippen molar-refractivity contribution in [2.75, 3.05) is 108 Å². The van der Waals surface area contributed by atoms with E-state index in [9.17, 15) is 0 Å². The van der Waals surface area contributed by atoms with Gasteiger partial charge in [0.1, 0.15) is 11.6 Å². The Morgan fingerprint density at radius 2 is 1.40 bits per heavy atom. The number of nitrogens with two attached hydrogens (primary N) is 1. The van der Waals surface area contributed by atoms with Gasteiger partial charge in [0, 0.05) is 77.6 Å². The van der Waals surface area contributed by atoms with E-state index in [1.54, 1.807) is 0 Å². The highest BCUT2D eigenvalue weighted by Gasteiger charge is 2.25. The fourth-order valence-corrected chi connectivity index (χ4v) is 6.93. The molecule has 0 atom stereocenters. The molecular formula is C32H51N9O. The first-order chi connectivity index (χ1) is 20.7. The SMILES string of the molecule is Nc1cc(N2CCN(CCN3CCOCC3)CC2)nc(NCc2ccc(CN3CCC(N4CCCCC4)CC3)cc2)n1. The lowest BCUT2D eigenvalue weighted by Gasteiger charge is -2.40. The molecule has 230 valence electrons. The van der Waals surface area contributed by atoms with Gasteiger partial charge in [-0.15, -0.1) is 0 Å². The van der Waals surface area contributed by atoms with E-state index in [2.05, 4.69) is 59.1 Å². The Hall–Kier alpha value is -2.50. The van der Waals surface area contributed by atoms with E-state index in [0.717, 1.165) is 84.0 Å². The van der Waals surface area contributed by atoms with Gasteiger partial charge >= 0.3 is 0 Å². The number of hydrogen-bond donors (Lipinski definition) is 2. The topological polar surface area (TPSA) is 89.3 Å². The fraction of sp³-hybridized carbons (Fsp3) is 0.688. The monoisotopic (exact) mass is 577 g/mol. The molecular weight excluding hydrogens is 526 g/mol. The molecule has 0 saturated carbocycles. The van der Waals surface area contributed by atoms with Gasteiger partial charge in [0.15, 0.2) is 0 Å². The summed E-state index contributed by atoms with van der Waals surface area (Å²) in [6, 6.07) is 11.7. The number of rotatable bonds is 10. The lowest BCUT2D eigenvalue weighted by atomic mass is 9.99. The second-order valence-electron chi connectivity index (χ2n) is 12.5. The summed E-state index contributed by atoms with van der Waals surface area (Å²) in [5, 5.41) is 3.41. The summed E-state index contributed by atoms with van der Waals surface area (Å²) >= 11 is 0. The molecule has 0 bridgehead atoms. The van der Waals surface area contributed by atoms with Crippen molar-refractivity contribution < 1.29 is 4.74 Å². The van der Waals surface area contributed by atoms with E-state index in [0.29, 0.717) is 18.3 Å². The molecule has 6 rings (SSSR count). The van der Waals surface area contributed by atoms with Crippen LogP contribution >= 0.6 is 0 Å². The quantitative estimate of drug-likeness (QED) is 0.439. The molecule has 1 aromatic carbocycles. The van der Waals surface area contributed by atoms with Crippen molar-refractivity contribution in [2.24, 2.45) is 0 Å². The maximum absolute atomic E-state index is 6.20. The molecule has 0 unspecified atom stereocenters. The van der Waals surface area contributed by atoms with E-state index in [1.807, 2.05) is 6.07 Å². The van der Waals surface area contributed by atoms with E-state index in [4.69, 9.17) is 15.5 Å². The molecule has 4 fully saturated rings. The standard InChI is InChI=1S/C32H51N9O/c33-30-24-31(41-18-16-37(17-19-41)14-15-38-20-22-42-23-21-38)36-32(35-30)34-25-27-4-6-28(7-5-27)26-39-12-8-29(9-13-39)40-10-2-1-3-11-40/h4-7,24,29H,1-3,8-23,25-26H2,(H3,33,34,35,36). The first kappa shape index (κ1) is 29.6. The Balaban J connectivity index is 0.932. The Morgan fingerprint density at radius 1 is 0.738 bits per heavy atom. The molecule has 1 aromatic heterocycles. The highest BCUT2D eigenvalue weighted by molar-refractivity contribution is 5.52. The predicted molar refractivity (Wildman–Crippen MR) is 170 cm³/mol. The first-order valence-electron chi connectivity index (χ1n) is 16.4. The summed E-state index contributed by atoms with van der Waals surface area (Å²) in [7, 11) is 0. The number of morpholine rings is 1. The number of nitrogens with zero attached hydrogens (tertiary/aromatic N) is 7. The average molecular weight is 578 g/mol. The summed E-state index contributed by atoms with van der Waals surface area (Å²) in [6.07, 6.45) is 6.83. The molecule has 0 spiro atoms. The number of ether oxygens (including phenoxy) is 1. The summed E-state index contributed by atoms with van der Waals surface area (Å²) in [6.45, 7) is 16.8. The van der Waals surface area contributed by atoms with Crippen molar-refractivity contribution in [3.05, 3.63) is 41.5 Å². The molecule has 4 aliphatic heterocycles. The van der Waals surface area contributed by atoms with E-state index < -0.39 is 0 Å². The van der Waals surface area contributed by atoms with Crippen molar-refractivity contribution in [1.82, 2.24) is 29.6 Å². The van der Waals surface area contributed by atoms with Gasteiger partial charge in [-0.3, -0.25) is 14.7 Å². The predicted octanol–water partition coefficient (Wildman–Crippen LogP) is 2.58. The maximum atomic E-state index is 6.20. The van der Waals surface area contributed by atoms with Crippen LogP contribution in [0.1, 0.15) is 43.2 Å². The molecule has 10 nitrogen and oxygen atoms in total. The molecule has 5 heterocycles. The smallest absolute Gasteiger partial charge is 0.226 e. The molecule has 42 heavy (non-hydrogen) atoms. The second kappa shape index (κ2) is 14.8. The van der Waals surface area contributed by atoms with Crippen LogP contribution in [-0.2, 0) is 17.8 Å². The zero-order chi connectivity index (χ0) is 28.6. The number of likely N-dealkylation sites (tertiary alicyclic amines) is 2. The first-order valence-corrected chi connectivity index (χ1v) is 16.4. The van der Waals surface area contributed by atoms with Crippen molar-refractivity contribution in [3.63, 3.8) is 0 Å². The van der Waals surface area contributed by atoms with Gasteiger partial charge < -0.3 is 25.6 Å². The third-order valence-corrected chi connectivity index (χ3v) is 9.61. The van der Waals surface area contributed by atoms with Crippen LogP contribution < -0.4 is 16.0 Å². The number of hydrogen-bond acceptors (Lipinski definition) is 10. The van der Waals surface area contributed by atoms with Crippen molar-refractivity contribution >= 4 is 17.6 Å². The van der Waals surface area contributed by atoms with Crippen LogP contribution in [0.25, 0.3) is 0 Å². The second-order valence-corrected chi connectivity index (χ2v) is 12.5. The summed E-state index contributed by atoms with van der Waals surface area (Å²) in [5.74, 6) is 2.02. The number of piperazine rings is 1. The van der Waals surface area contributed by atoms with Crippen LogP contribution in [0.3, 0.4) is 0 Å². The number of nitrogen functional groups attached to an aromatic ring is 1. The van der Waals surface area contributed by atoms with Crippen LogP contribution in [0.2, 0.25) is 0 Å². The van der Waals surface area contributed by atoms with Crippen LogP contribution in [0.5, 0.6) is 0 Å². The molecule has 0 amide bonds. The van der Waals surface area contributed by atoms with E-state index in [-0.39, 0.29) is 0 Å². The van der Waals surface area contributed by atoms with Gasteiger partial charge in [0.2, 0.25) is 5.95 Å². The molecule has 0 aliphatic carbocycles. The Kier molecular flexibility index (Phi) is 10.4. The molecule has 4 aliphatic rings. The van der Waals surface area contributed by atoms with Crippen molar-refractivity contribution in [3.8, 4) is 0 Å². The summed E-state index contributed by atoms with van der Waals surface area (Å²) in [4.78, 5) is 22.1. The van der Waals surface area contributed by atoms with Crippen LogP contribution in [0, 0.1) is 0 Å². The highest BCUT2D eigenvalue weighted by Crippen LogP contribution is 2.23. The molecule has 4 saturated heterocycles. The van der Waals surface area contributed by atoms with Gasteiger partial charge in [-0.05, 0) is 63.0 Å². The van der Waals surface area contributed by atoms with Gasteiger partial charge in [-0.1, -0.05) is 30.7 Å². The van der Waals surface area contributed by atoms with Gasteiger partial charge in [0.05, 0.1) is 13.2 Å². The molecule has 2 aromatic rings. The number of anilines is 3. The van der Waals surface area contributed by atoms with Crippen molar-refractivity contribution in [2.45, 2.75) is 51.2 Å². The lowest BCUT2D eigenvalue weighted by Crippen LogP contribution is -2.49. The minimum Gasteiger partial charge on any atom is -0.383 e. The minimum absolute atomic E-state index is 0.511. The van der Waals surface area contributed by atoms with Crippen LogP contribution in [-0.4, -0.2) is 127 Å². The number of aromatic nitrogens is 2. The fourth-order valence-electron chi connectivity index (χ4n) is 6.93. The number of benzene rings is 1. The van der Waals surface area contributed by atoms with E-state index in [1.165, 1.54) is 69.4 Å². The van der Waals surface area contributed by atoms with Gasteiger partial charge in [-0.2, -0.15) is 9.97 Å². The summed E-state index contributed by atoms with van der Waals surface area (Å²) < 4.78 is 5.47. The normalized spacial score (nSPS) is 22.4. The Bertz CT molecular complexity index is 1090. The molecule has 10 heteroatoms. The van der Waals surface area contributed by atoms with Crippen LogP contribution in [0.4, 0.5) is 17.6 Å². The Morgan fingerprint density at radius 3 is 2.12 bits per heavy atom. The minimum atomic E-state index is 0.511. The maximum Gasteiger partial charge on any atom is 0.226 e. The van der Waals surface area contributed by atoms with Crippen LogP contribution in [0.15, 0.2) is 30.3 Å². The Labute approximate surface area is 252 Å². The number of nitrogens with one attached hydrogen (secondary N) is 1. The van der Waals surface area contributed by atoms with Crippen molar-refractivity contribution in [1.29, 1.82) is 0 Å². The number of piperidine rings is 2. The summed E-state index contributed by atoms with van der Waals surface area (Å²) in [5.41, 5.74) is 8.82. The average Bonchev–Trinajstić information content (AvgIpc) is 3.05. The van der Waals surface area contributed by atoms with Gasteiger partial charge in [0.25, 0.3) is 0 Å². The zero-order valence-electron chi connectivity index (χ0n) is 25.4. The lowest BCUT2D eigenvalue weighted by molar-refractivity contribution is 0.0331. The molecule has 0 radical (unpaired) electrons. The molecule has 3 N–H and O–H groups in total.